The Balaban J connectivity index is 3.66. The minimum atomic E-state index is -0.700. The first kappa shape index (κ1) is 19.4. The summed E-state index contributed by atoms with van der Waals surface area (Å²) in [5, 5.41) is 0. The van der Waals surface area contributed by atoms with Crippen molar-refractivity contribution in [2.45, 2.75) is 52.2 Å². The van der Waals surface area contributed by atoms with Gasteiger partial charge in [-0.05, 0) is 40.5 Å². The zero-order valence-electron chi connectivity index (χ0n) is 13.2. The molecule has 3 N–H and O–H groups in total. The van der Waals surface area contributed by atoms with Crippen molar-refractivity contribution in [2.75, 3.05) is 13.2 Å². The average molecular weight is 302 g/mol. The average Bonchev–Trinajstić information content (AvgIpc) is 2.36. The third kappa shape index (κ3) is 11.9. The molecule has 122 valence electrons. The fourth-order valence-corrected chi connectivity index (χ4v) is 1.23. The van der Waals surface area contributed by atoms with Crippen LogP contribution in [-0.4, -0.2) is 36.9 Å². The Morgan fingerprint density at radius 1 is 1.33 bits per heavy atom. The second-order valence-electron chi connectivity index (χ2n) is 5.40. The van der Waals surface area contributed by atoms with Crippen LogP contribution in [0, 0.1) is 0 Å². The smallest absolute Gasteiger partial charge is 0.431 e. The third-order valence-electron chi connectivity index (χ3n) is 2.17. The molecule has 0 bridgehead atoms. The zero-order chi connectivity index (χ0) is 16.3. The molecule has 0 radical (unpaired) electrons. The highest BCUT2D eigenvalue weighted by Crippen LogP contribution is 2.09. The van der Waals surface area contributed by atoms with Gasteiger partial charge in [-0.15, -0.1) is 0 Å². The van der Waals surface area contributed by atoms with Crippen LogP contribution in [0.25, 0.3) is 0 Å². The number of hydroxylamine groups is 1. The topological polar surface area (TPSA) is 99.9 Å². The van der Waals surface area contributed by atoms with Crippen LogP contribution < -0.4 is 11.2 Å². The van der Waals surface area contributed by atoms with E-state index >= 15 is 0 Å². The minimum absolute atomic E-state index is 0.190. The maximum absolute atomic E-state index is 11.6. The summed E-state index contributed by atoms with van der Waals surface area (Å²) in [5.41, 5.74) is 7.28. The van der Waals surface area contributed by atoms with Crippen LogP contribution in [0.5, 0.6) is 0 Å². The number of carbonyl (C=O) groups excluding carboxylic acids is 2. The van der Waals surface area contributed by atoms with Gasteiger partial charge in [-0.3, -0.25) is 9.63 Å². The molecular weight excluding hydrogens is 276 g/mol. The number of nitrogens with two attached hydrogens (primary N) is 1. The van der Waals surface area contributed by atoms with Gasteiger partial charge in [0.2, 0.25) is 0 Å². The van der Waals surface area contributed by atoms with Crippen molar-refractivity contribution in [1.29, 1.82) is 0 Å². The van der Waals surface area contributed by atoms with Crippen LogP contribution in [0.2, 0.25) is 0 Å². The SMILES string of the molecule is C/C=C/COC(=O)NOCCCC(N)C(=O)OC(C)(C)C. The van der Waals surface area contributed by atoms with E-state index in [4.69, 9.17) is 20.0 Å². The Morgan fingerprint density at radius 2 is 2.00 bits per heavy atom. The van der Waals surface area contributed by atoms with Crippen LogP contribution in [-0.2, 0) is 19.1 Å². The number of amides is 1. The normalized spacial score (nSPS) is 13.0. The summed E-state index contributed by atoms with van der Waals surface area (Å²) >= 11 is 0. The maximum Gasteiger partial charge on any atom is 0.431 e. The highest BCUT2D eigenvalue weighted by molar-refractivity contribution is 5.75. The Bertz CT molecular complexity index is 350. The third-order valence-corrected chi connectivity index (χ3v) is 2.17. The van der Waals surface area contributed by atoms with Crippen LogP contribution in [0.15, 0.2) is 12.2 Å². The molecule has 0 heterocycles. The highest BCUT2D eigenvalue weighted by atomic mass is 16.7. The number of rotatable bonds is 8. The second kappa shape index (κ2) is 10.2. The summed E-state index contributed by atoms with van der Waals surface area (Å²) < 4.78 is 9.89. The lowest BCUT2D eigenvalue weighted by Gasteiger charge is -2.22. The second-order valence-corrected chi connectivity index (χ2v) is 5.40. The fourth-order valence-electron chi connectivity index (χ4n) is 1.23. The molecule has 0 saturated heterocycles. The van der Waals surface area contributed by atoms with E-state index in [-0.39, 0.29) is 13.2 Å². The molecule has 1 unspecified atom stereocenters. The van der Waals surface area contributed by atoms with Gasteiger partial charge in [-0.2, -0.15) is 5.48 Å². The van der Waals surface area contributed by atoms with Crippen molar-refractivity contribution < 1.29 is 23.9 Å². The van der Waals surface area contributed by atoms with Crippen molar-refractivity contribution in [1.82, 2.24) is 5.48 Å². The van der Waals surface area contributed by atoms with Gasteiger partial charge >= 0.3 is 12.1 Å². The molecule has 0 aromatic rings. The Morgan fingerprint density at radius 3 is 2.57 bits per heavy atom. The monoisotopic (exact) mass is 302 g/mol. The Kier molecular flexibility index (Phi) is 9.40. The van der Waals surface area contributed by atoms with Gasteiger partial charge in [-0.1, -0.05) is 12.2 Å². The number of allylic oxidation sites excluding steroid dienone is 1. The molecule has 0 aromatic heterocycles. The lowest BCUT2D eigenvalue weighted by Crippen LogP contribution is -2.37. The van der Waals surface area contributed by atoms with E-state index in [1.54, 1.807) is 32.9 Å². The number of hydrogen-bond acceptors (Lipinski definition) is 6. The number of nitrogens with one attached hydrogen (secondary N) is 1. The zero-order valence-corrected chi connectivity index (χ0v) is 13.2. The van der Waals surface area contributed by atoms with Crippen molar-refractivity contribution >= 4 is 12.1 Å². The van der Waals surface area contributed by atoms with Gasteiger partial charge in [-0.25, -0.2) is 4.79 Å². The minimum Gasteiger partial charge on any atom is -0.459 e. The van der Waals surface area contributed by atoms with Crippen molar-refractivity contribution in [3.05, 3.63) is 12.2 Å². The predicted molar refractivity (Wildman–Crippen MR) is 78.3 cm³/mol. The standard InChI is InChI=1S/C14H26N2O5/c1-5-6-9-19-13(18)16-20-10-7-8-11(15)12(17)21-14(2,3)4/h5-6,11H,7-10,15H2,1-4H3,(H,16,18)/b6-5+. The molecule has 0 fully saturated rings. The molecule has 0 aliphatic rings. The maximum atomic E-state index is 11.6. The first-order chi connectivity index (χ1) is 9.76. The molecule has 0 aliphatic carbocycles. The summed E-state index contributed by atoms with van der Waals surface area (Å²) in [5.74, 6) is -0.443. The van der Waals surface area contributed by atoms with Crippen molar-refractivity contribution in [2.24, 2.45) is 5.73 Å². The molecular formula is C14H26N2O5. The quantitative estimate of drug-likeness (QED) is 0.306. The lowest BCUT2D eigenvalue weighted by atomic mass is 10.1. The van der Waals surface area contributed by atoms with Gasteiger partial charge in [0, 0.05) is 0 Å². The van der Waals surface area contributed by atoms with Gasteiger partial charge in [0.15, 0.2) is 0 Å². The molecule has 0 spiro atoms. The molecule has 0 saturated carbocycles. The van der Waals surface area contributed by atoms with E-state index in [9.17, 15) is 9.59 Å². The first-order valence-corrected chi connectivity index (χ1v) is 6.90. The van der Waals surface area contributed by atoms with Crippen molar-refractivity contribution in [3.63, 3.8) is 0 Å². The Labute approximate surface area is 125 Å². The van der Waals surface area contributed by atoms with Gasteiger partial charge < -0.3 is 15.2 Å². The summed E-state index contributed by atoms with van der Waals surface area (Å²) in [6, 6.07) is -0.700. The summed E-state index contributed by atoms with van der Waals surface area (Å²) in [6.07, 6.45) is 3.72. The van der Waals surface area contributed by atoms with E-state index < -0.39 is 23.7 Å². The summed E-state index contributed by atoms with van der Waals surface area (Å²) in [6.45, 7) is 7.59. The molecule has 0 rings (SSSR count). The van der Waals surface area contributed by atoms with E-state index in [0.717, 1.165) is 0 Å². The summed E-state index contributed by atoms with van der Waals surface area (Å²) in [4.78, 5) is 27.6. The number of ether oxygens (including phenoxy) is 2. The van der Waals surface area contributed by atoms with Crippen LogP contribution >= 0.6 is 0 Å². The molecule has 7 heteroatoms. The lowest BCUT2D eigenvalue weighted by molar-refractivity contribution is -0.156. The molecule has 0 aromatic carbocycles. The molecule has 7 nitrogen and oxygen atoms in total. The van der Waals surface area contributed by atoms with Gasteiger partial charge in [0.05, 0.1) is 6.61 Å². The van der Waals surface area contributed by atoms with Crippen molar-refractivity contribution in [3.8, 4) is 0 Å². The fraction of sp³-hybridized carbons (Fsp3) is 0.714. The molecule has 21 heavy (non-hydrogen) atoms. The summed E-state index contributed by atoms with van der Waals surface area (Å²) in [7, 11) is 0. The van der Waals surface area contributed by atoms with E-state index in [1.807, 2.05) is 6.92 Å². The van der Waals surface area contributed by atoms with Crippen LogP contribution in [0.3, 0.4) is 0 Å². The van der Waals surface area contributed by atoms with E-state index in [0.29, 0.717) is 12.8 Å². The molecule has 1 atom stereocenters. The van der Waals surface area contributed by atoms with E-state index in [2.05, 4.69) is 5.48 Å². The highest BCUT2D eigenvalue weighted by Gasteiger charge is 2.21. The largest absolute Gasteiger partial charge is 0.459 e. The first-order valence-electron chi connectivity index (χ1n) is 6.90. The number of hydrogen-bond donors (Lipinski definition) is 2. The number of esters is 1. The van der Waals surface area contributed by atoms with Gasteiger partial charge in [0.1, 0.15) is 18.2 Å². The van der Waals surface area contributed by atoms with Gasteiger partial charge in [0.25, 0.3) is 0 Å². The molecule has 0 aliphatic heterocycles. The number of carbonyl (C=O) groups is 2. The van der Waals surface area contributed by atoms with Crippen LogP contribution in [0.4, 0.5) is 4.79 Å². The van der Waals surface area contributed by atoms with E-state index in [1.165, 1.54) is 0 Å². The molecule has 1 amide bonds. The Hall–Kier alpha value is -1.60. The predicted octanol–water partition coefficient (Wildman–Crippen LogP) is 1.67. The van der Waals surface area contributed by atoms with Crippen LogP contribution in [0.1, 0.15) is 40.5 Å².